The lowest BCUT2D eigenvalue weighted by Crippen LogP contribution is -2.36. The fourth-order valence-corrected chi connectivity index (χ4v) is 3.80. The molecule has 1 fully saturated rings. The molecule has 0 radical (unpaired) electrons. The zero-order valence-corrected chi connectivity index (χ0v) is 17.3. The van der Waals surface area contributed by atoms with Crippen LogP contribution in [0.15, 0.2) is 48.5 Å². The molecule has 0 aliphatic heterocycles. The first kappa shape index (κ1) is 20.9. The number of carbonyl (C=O) groups is 2. The maximum atomic E-state index is 12.5. The normalized spacial score (nSPS) is 14.4. The van der Waals surface area contributed by atoms with Gasteiger partial charge >= 0.3 is 0 Å². The van der Waals surface area contributed by atoms with Crippen LogP contribution in [0.25, 0.3) is 0 Å². The van der Waals surface area contributed by atoms with Crippen LogP contribution in [0, 0.1) is 0 Å². The van der Waals surface area contributed by atoms with Crippen molar-refractivity contribution >= 4 is 23.2 Å². The first-order chi connectivity index (χ1) is 14.0. The highest BCUT2D eigenvalue weighted by molar-refractivity contribution is 5.98. The lowest BCUT2D eigenvalue weighted by atomic mass is 9.95. The van der Waals surface area contributed by atoms with Crippen LogP contribution in [-0.2, 0) is 4.79 Å². The molecule has 0 spiro atoms. The quantitative estimate of drug-likeness (QED) is 0.625. The predicted octanol–water partition coefficient (Wildman–Crippen LogP) is 4.92. The zero-order valence-electron chi connectivity index (χ0n) is 17.3. The molecule has 5 nitrogen and oxygen atoms in total. The van der Waals surface area contributed by atoms with Gasteiger partial charge < -0.3 is 16.0 Å². The van der Waals surface area contributed by atoms with Crippen molar-refractivity contribution in [1.29, 1.82) is 0 Å². The van der Waals surface area contributed by atoms with Gasteiger partial charge in [-0.3, -0.25) is 9.59 Å². The van der Waals surface area contributed by atoms with Crippen LogP contribution in [0.1, 0.15) is 67.8 Å². The van der Waals surface area contributed by atoms with Gasteiger partial charge in [0.25, 0.3) is 5.91 Å². The maximum absolute atomic E-state index is 12.5. The van der Waals surface area contributed by atoms with Crippen molar-refractivity contribution in [3.8, 4) is 0 Å². The maximum Gasteiger partial charge on any atom is 0.251 e. The number of anilines is 2. The van der Waals surface area contributed by atoms with E-state index < -0.39 is 0 Å². The van der Waals surface area contributed by atoms with E-state index in [4.69, 9.17) is 0 Å². The minimum absolute atomic E-state index is 0.0722. The fraction of sp³-hybridized carbons (Fsp3) is 0.417. The molecule has 2 amide bonds. The first-order valence-corrected chi connectivity index (χ1v) is 10.6. The second kappa shape index (κ2) is 10.1. The van der Waals surface area contributed by atoms with Gasteiger partial charge in [0.15, 0.2) is 0 Å². The van der Waals surface area contributed by atoms with Crippen LogP contribution in [0.3, 0.4) is 0 Å². The molecule has 1 aliphatic carbocycles. The third kappa shape index (κ3) is 6.08. The molecule has 0 bridgehead atoms. The zero-order chi connectivity index (χ0) is 20.6. The molecule has 3 rings (SSSR count). The lowest BCUT2D eigenvalue weighted by molar-refractivity contribution is -0.114. The number of hydrogen-bond acceptors (Lipinski definition) is 3. The van der Waals surface area contributed by atoms with Gasteiger partial charge in [-0.25, -0.2) is 0 Å². The van der Waals surface area contributed by atoms with Crippen LogP contribution in [0.4, 0.5) is 11.4 Å². The summed E-state index contributed by atoms with van der Waals surface area (Å²) in [6, 6.07) is 15.4. The minimum atomic E-state index is -0.145. The van der Waals surface area contributed by atoms with Crippen LogP contribution in [0.2, 0.25) is 0 Å². The Balaban J connectivity index is 1.55. The smallest absolute Gasteiger partial charge is 0.251 e. The Morgan fingerprint density at radius 1 is 1.00 bits per heavy atom. The lowest BCUT2D eigenvalue weighted by Gasteiger charge is -2.22. The summed E-state index contributed by atoms with van der Waals surface area (Å²) >= 11 is 0. The van der Waals surface area contributed by atoms with Crippen molar-refractivity contribution in [3.63, 3.8) is 0 Å². The second-order valence-corrected chi connectivity index (χ2v) is 8.03. The minimum Gasteiger partial charge on any atom is -0.376 e. The van der Waals surface area contributed by atoms with Gasteiger partial charge in [-0.05, 0) is 48.6 Å². The van der Waals surface area contributed by atoms with E-state index in [2.05, 4.69) is 35.9 Å². The predicted molar refractivity (Wildman–Crippen MR) is 118 cm³/mol. The molecule has 0 atom stereocenters. The third-order valence-electron chi connectivity index (χ3n) is 5.37. The summed E-state index contributed by atoms with van der Waals surface area (Å²) in [7, 11) is 0. The molecule has 0 unspecified atom stereocenters. The second-order valence-electron chi connectivity index (χ2n) is 8.03. The Hall–Kier alpha value is -2.82. The Labute approximate surface area is 173 Å². The molecule has 1 aliphatic rings. The summed E-state index contributed by atoms with van der Waals surface area (Å²) in [5, 5.41) is 9.21. The Morgan fingerprint density at radius 2 is 1.76 bits per heavy atom. The Morgan fingerprint density at radius 3 is 2.52 bits per heavy atom. The number of rotatable bonds is 7. The van der Waals surface area contributed by atoms with Crippen LogP contribution < -0.4 is 16.0 Å². The van der Waals surface area contributed by atoms with Crippen molar-refractivity contribution in [1.82, 2.24) is 5.32 Å². The van der Waals surface area contributed by atoms with E-state index in [0.29, 0.717) is 17.2 Å². The highest BCUT2D eigenvalue weighted by Crippen LogP contribution is 2.23. The number of hydrogen-bond donors (Lipinski definition) is 3. The van der Waals surface area contributed by atoms with Gasteiger partial charge in [-0.15, -0.1) is 0 Å². The summed E-state index contributed by atoms with van der Waals surface area (Å²) in [4.78, 5) is 24.9. The SMILES string of the molecule is CC(C)c1ccccc1NCC(=O)Nc1cccc(C(=O)NC2CCCCC2)c1. The van der Waals surface area contributed by atoms with Crippen LogP contribution in [0.5, 0.6) is 0 Å². The van der Waals surface area contributed by atoms with Gasteiger partial charge in [0, 0.05) is 23.0 Å². The molecule has 2 aromatic carbocycles. The standard InChI is InChI=1S/C24H31N3O2/c1-17(2)21-13-6-7-14-22(21)25-16-23(28)26-20-12-8-9-18(15-20)24(29)27-19-10-4-3-5-11-19/h6-9,12-15,17,19,25H,3-5,10-11,16H2,1-2H3,(H,26,28)(H,27,29). The Bertz CT molecular complexity index is 842. The van der Waals surface area contributed by atoms with E-state index in [0.717, 1.165) is 18.5 Å². The molecular formula is C24H31N3O2. The summed E-state index contributed by atoms with van der Waals surface area (Å²) in [5.74, 6) is 0.159. The van der Waals surface area contributed by atoms with Gasteiger partial charge in [0.05, 0.1) is 6.54 Å². The topological polar surface area (TPSA) is 70.2 Å². The number of benzene rings is 2. The van der Waals surface area contributed by atoms with Gasteiger partial charge in [0.2, 0.25) is 5.91 Å². The molecule has 29 heavy (non-hydrogen) atoms. The van der Waals surface area contributed by atoms with Crippen molar-refractivity contribution in [3.05, 3.63) is 59.7 Å². The van der Waals surface area contributed by atoms with E-state index in [-0.39, 0.29) is 24.4 Å². The molecule has 1 saturated carbocycles. The van der Waals surface area contributed by atoms with Crippen molar-refractivity contribution in [2.45, 2.75) is 57.9 Å². The molecule has 3 N–H and O–H groups in total. The molecule has 2 aromatic rings. The van der Waals surface area contributed by atoms with E-state index >= 15 is 0 Å². The largest absolute Gasteiger partial charge is 0.376 e. The molecule has 5 heteroatoms. The van der Waals surface area contributed by atoms with Crippen molar-refractivity contribution in [2.75, 3.05) is 17.2 Å². The molecule has 0 saturated heterocycles. The van der Waals surface area contributed by atoms with Gasteiger partial charge in [-0.1, -0.05) is 57.4 Å². The summed E-state index contributed by atoms with van der Waals surface area (Å²) < 4.78 is 0. The fourth-order valence-electron chi connectivity index (χ4n) is 3.80. The number of para-hydroxylation sites is 1. The highest BCUT2D eigenvalue weighted by Gasteiger charge is 2.17. The molecule has 0 heterocycles. The summed E-state index contributed by atoms with van der Waals surface area (Å²) in [6.45, 7) is 4.43. The summed E-state index contributed by atoms with van der Waals surface area (Å²) in [6.07, 6.45) is 5.70. The van der Waals surface area contributed by atoms with Crippen molar-refractivity contribution < 1.29 is 9.59 Å². The molecular weight excluding hydrogens is 362 g/mol. The number of amides is 2. The van der Waals surface area contributed by atoms with E-state index in [1.165, 1.54) is 24.8 Å². The van der Waals surface area contributed by atoms with Crippen molar-refractivity contribution in [2.24, 2.45) is 0 Å². The monoisotopic (exact) mass is 393 g/mol. The number of carbonyl (C=O) groups excluding carboxylic acids is 2. The average Bonchev–Trinajstić information content (AvgIpc) is 2.73. The number of nitrogens with one attached hydrogen (secondary N) is 3. The highest BCUT2D eigenvalue weighted by atomic mass is 16.2. The van der Waals surface area contributed by atoms with Crippen LogP contribution in [-0.4, -0.2) is 24.4 Å². The Kier molecular flexibility index (Phi) is 7.28. The van der Waals surface area contributed by atoms with Gasteiger partial charge in [-0.2, -0.15) is 0 Å². The van der Waals surface area contributed by atoms with Crippen LogP contribution >= 0.6 is 0 Å². The first-order valence-electron chi connectivity index (χ1n) is 10.6. The third-order valence-corrected chi connectivity index (χ3v) is 5.37. The van der Waals surface area contributed by atoms with Gasteiger partial charge in [0.1, 0.15) is 0 Å². The summed E-state index contributed by atoms with van der Waals surface area (Å²) in [5.41, 5.74) is 3.36. The van der Waals surface area contributed by atoms with E-state index in [1.54, 1.807) is 24.3 Å². The average molecular weight is 394 g/mol. The van der Waals surface area contributed by atoms with E-state index in [9.17, 15) is 9.59 Å². The molecule has 154 valence electrons. The molecule has 0 aromatic heterocycles. The van der Waals surface area contributed by atoms with E-state index in [1.807, 2.05) is 18.2 Å².